The van der Waals surface area contributed by atoms with Crippen LogP contribution in [-0.4, -0.2) is 70.9 Å². The number of amides is 1. The first-order valence-electron chi connectivity index (χ1n) is 9.43. The van der Waals surface area contributed by atoms with Gasteiger partial charge in [0.05, 0.1) is 6.54 Å². The molecule has 1 amide bonds. The van der Waals surface area contributed by atoms with E-state index in [1.165, 1.54) is 0 Å². The van der Waals surface area contributed by atoms with Crippen molar-refractivity contribution < 1.29 is 9.53 Å². The number of aliphatic imine (C=N–C) groups is 1. The standard InChI is InChI=1S/C17H29N7O2.HI/c1-3-18-17(19-10-16(25)23-8-4-5-9-23)20-13-6-7-15-21-14(12-26-2)22-24(15)11-13;/h13H,3-12H2,1-2H3,(H2,18,19,20);1H. The molecule has 0 saturated carbocycles. The second-order valence-corrected chi connectivity index (χ2v) is 6.72. The number of carbonyl (C=O) groups is 1. The molecule has 2 N–H and O–H groups in total. The largest absolute Gasteiger partial charge is 0.377 e. The van der Waals surface area contributed by atoms with E-state index in [0.29, 0.717) is 12.6 Å². The van der Waals surface area contributed by atoms with Crippen molar-refractivity contribution in [1.82, 2.24) is 30.3 Å². The van der Waals surface area contributed by atoms with Crippen molar-refractivity contribution in [2.24, 2.45) is 4.99 Å². The van der Waals surface area contributed by atoms with Gasteiger partial charge in [-0.2, -0.15) is 5.10 Å². The Morgan fingerprint density at radius 1 is 1.37 bits per heavy atom. The summed E-state index contributed by atoms with van der Waals surface area (Å²) in [6.45, 7) is 5.85. The van der Waals surface area contributed by atoms with Crippen LogP contribution in [0.1, 0.15) is 37.8 Å². The lowest BCUT2D eigenvalue weighted by atomic mass is 10.1. The van der Waals surface area contributed by atoms with E-state index >= 15 is 0 Å². The average molecular weight is 491 g/mol. The van der Waals surface area contributed by atoms with Crippen LogP contribution >= 0.6 is 24.0 Å². The van der Waals surface area contributed by atoms with Gasteiger partial charge in [0.25, 0.3) is 0 Å². The number of carbonyl (C=O) groups excluding carboxylic acids is 1. The highest BCUT2D eigenvalue weighted by atomic mass is 127. The molecule has 0 aliphatic carbocycles. The predicted octanol–water partition coefficient (Wildman–Crippen LogP) is 0.535. The minimum absolute atomic E-state index is 0. The van der Waals surface area contributed by atoms with Crippen LogP contribution in [0.5, 0.6) is 0 Å². The first-order chi connectivity index (χ1) is 12.7. The Morgan fingerprint density at radius 3 is 2.85 bits per heavy atom. The number of halogens is 1. The Kier molecular flexibility index (Phi) is 8.74. The molecule has 1 saturated heterocycles. The smallest absolute Gasteiger partial charge is 0.244 e. The lowest BCUT2D eigenvalue weighted by molar-refractivity contribution is -0.128. The third-order valence-electron chi connectivity index (χ3n) is 4.69. The van der Waals surface area contributed by atoms with Crippen LogP contribution in [0.2, 0.25) is 0 Å². The molecule has 0 spiro atoms. The molecule has 2 aliphatic rings. The van der Waals surface area contributed by atoms with Gasteiger partial charge in [-0.1, -0.05) is 0 Å². The quantitative estimate of drug-likeness (QED) is 0.343. The van der Waals surface area contributed by atoms with Crippen molar-refractivity contribution in [2.75, 3.05) is 33.3 Å². The number of hydrogen-bond acceptors (Lipinski definition) is 5. The predicted molar refractivity (Wildman–Crippen MR) is 113 cm³/mol. The molecule has 2 aliphatic heterocycles. The summed E-state index contributed by atoms with van der Waals surface area (Å²) >= 11 is 0. The molecule has 27 heavy (non-hydrogen) atoms. The van der Waals surface area contributed by atoms with E-state index < -0.39 is 0 Å². The van der Waals surface area contributed by atoms with Gasteiger partial charge in [0.15, 0.2) is 11.8 Å². The second kappa shape index (κ2) is 10.8. The molecule has 1 unspecified atom stereocenters. The van der Waals surface area contributed by atoms with E-state index in [1.807, 2.05) is 16.5 Å². The van der Waals surface area contributed by atoms with Gasteiger partial charge in [0, 0.05) is 39.2 Å². The summed E-state index contributed by atoms with van der Waals surface area (Å²) in [5.74, 6) is 2.51. The maximum atomic E-state index is 12.2. The molecule has 152 valence electrons. The summed E-state index contributed by atoms with van der Waals surface area (Å²) in [5.41, 5.74) is 0. The van der Waals surface area contributed by atoms with Crippen molar-refractivity contribution in [1.29, 1.82) is 0 Å². The van der Waals surface area contributed by atoms with Gasteiger partial charge in [-0.3, -0.25) is 4.79 Å². The average Bonchev–Trinajstić information content (AvgIpc) is 3.29. The maximum absolute atomic E-state index is 12.2. The zero-order chi connectivity index (χ0) is 18.4. The van der Waals surface area contributed by atoms with Crippen LogP contribution in [-0.2, 0) is 29.1 Å². The number of likely N-dealkylation sites (tertiary alicyclic amines) is 1. The van der Waals surface area contributed by atoms with Crippen LogP contribution in [0.4, 0.5) is 0 Å². The fourth-order valence-electron chi connectivity index (χ4n) is 3.40. The van der Waals surface area contributed by atoms with E-state index in [-0.39, 0.29) is 42.5 Å². The van der Waals surface area contributed by atoms with Gasteiger partial charge in [-0.15, -0.1) is 24.0 Å². The number of ether oxygens (including phenoxy) is 1. The van der Waals surface area contributed by atoms with Gasteiger partial charge in [-0.05, 0) is 26.2 Å². The van der Waals surface area contributed by atoms with Crippen molar-refractivity contribution in [3.8, 4) is 0 Å². The number of methoxy groups -OCH3 is 1. The number of rotatable bonds is 6. The van der Waals surface area contributed by atoms with E-state index in [4.69, 9.17) is 4.74 Å². The zero-order valence-electron chi connectivity index (χ0n) is 16.1. The van der Waals surface area contributed by atoms with Gasteiger partial charge in [0.1, 0.15) is 19.0 Å². The molecule has 0 radical (unpaired) electrons. The molecule has 9 nitrogen and oxygen atoms in total. The van der Waals surface area contributed by atoms with Crippen molar-refractivity contribution in [2.45, 2.75) is 51.8 Å². The highest BCUT2D eigenvalue weighted by Crippen LogP contribution is 2.13. The van der Waals surface area contributed by atoms with Crippen LogP contribution < -0.4 is 10.6 Å². The molecule has 0 aromatic carbocycles. The first kappa shape index (κ1) is 21.9. The zero-order valence-corrected chi connectivity index (χ0v) is 18.4. The lowest BCUT2D eigenvalue weighted by Gasteiger charge is -2.25. The Hall–Kier alpha value is -1.43. The molecular weight excluding hydrogens is 461 g/mol. The molecule has 1 fully saturated rings. The Morgan fingerprint density at radius 2 is 2.15 bits per heavy atom. The first-order valence-corrected chi connectivity index (χ1v) is 9.43. The Bertz CT molecular complexity index is 643. The maximum Gasteiger partial charge on any atom is 0.244 e. The number of nitrogens with zero attached hydrogens (tertiary/aromatic N) is 5. The van der Waals surface area contributed by atoms with E-state index in [2.05, 4.69) is 25.7 Å². The van der Waals surface area contributed by atoms with Crippen LogP contribution in [0.15, 0.2) is 4.99 Å². The monoisotopic (exact) mass is 491 g/mol. The van der Waals surface area contributed by atoms with Gasteiger partial charge < -0.3 is 20.3 Å². The number of aromatic nitrogens is 3. The molecule has 1 aromatic heterocycles. The van der Waals surface area contributed by atoms with Crippen molar-refractivity contribution in [3.63, 3.8) is 0 Å². The third kappa shape index (κ3) is 6.03. The highest BCUT2D eigenvalue weighted by molar-refractivity contribution is 14.0. The van der Waals surface area contributed by atoms with Crippen LogP contribution in [0.25, 0.3) is 0 Å². The second-order valence-electron chi connectivity index (χ2n) is 6.72. The number of guanidine groups is 1. The third-order valence-corrected chi connectivity index (χ3v) is 4.69. The summed E-state index contributed by atoms with van der Waals surface area (Å²) in [6.07, 6.45) is 4.01. The molecule has 3 rings (SSSR count). The number of nitrogens with one attached hydrogen (secondary N) is 2. The minimum atomic E-state index is 0. The molecule has 1 aromatic rings. The fourth-order valence-corrected chi connectivity index (χ4v) is 3.40. The van der Waals surface area contributed by atoms with Gasteiger partial charge >= 0.3 is 0 Å². The minimum Gasteiger partial charge on any atom is -0.377 e. The van der Waals surface area contributed by atoms with Crippen molar-refractivity contribution >= 4 is 35.8 Å². The molecule has 10 heteroatoms. The summed E-state index contributed by atoms with van der Waals surface area (Å²) in [4.78, 5) is 23.1. The lowest BCUT2D eigenvalue weighted by Crippen LogP contribution is -2.47. The Labute approximate surface area is 177 Å². The van der Waals surface area contributed by atoms with Crippen molar-refractivity contribution in [3.05, 3.63) is 11.6 Å². The Balaban J connectivity index is 0.00000261. The summed E-state index contributed by atoms with van der Waals surface area (Å²) in [7, 11) is 1.65. The molecular formula is C17H30IN7O2. The summed E-state index contributed by atoms with van der Waals surface area (Å²) < 4.78 is 7.05. The van der Waals surface area contributed by atoms with Crippen LogP contribution in [0.3, 0.4) is 0 Å². The number of aryl methyl sites for hydroxylation is 1. The highest BCUT2D eigenvalue weighted by Gasteiger charge is 2.23. The van der Waals surface area contributed by atoms with Gasteiger partial charge in [0.2, 0.25) is 5.91 Å². The summed E-state index contributed by atoms with van der Waals surface area (Å²) in [6, 6.07) is 0.208. The van der Waals surface area contributed by atoms with E-state index in [9.17, 15) is 4.79 Å². The summed E-state index contributed by atoms with van der Waals surface area (Å²) in [5, 5.41) is 11.2. The van der Waals surface area contributed by atoms with Crippen LogP contribution in [0, 0.1) is 0 Å². The normalized spacial score (nSPS) is 19.4. The topological polar surface area (TPSA) is 96.7 Å². The molecule has 1 atom stereocenters. The molecule has 0 bridgehead atoms. The number of fused-ring (bicyclic) bond motifs is 1. The van der Waals surface area contributed by atoms with E-state index in [1.54, 1.807) is 7.11 Å². The fraction of sp³-hybridized carbons (Fsp3) is 0.765. The molecule has 3 heterocycles. The van der Waals surface area contributed by atoms with E-state index in [0.717, 1.165) is 63.5 Å². The van der Waals surface area contributed by atoms with Gasteiger partial charge in [-0.25, -0.2) is 14.7 Å². The number of hydrogen-bond donors (Lipinski definition) is 2. The SMILES string of the molecule is CCNC(=NCC(=O)N1CCCC1)NC1CCc2nc(COC)nn2C1.I.